The van der Waals surface area contributed by atoms with Crippen LogP contribution in [0.3, 0.4) is 0 Å². The highest BCUT2D eigenvalue weighted by Gasteiger charge is 2.14. The standard InChI is InChI=1S/C5H8N2O2S/c6-2-3(10)1-4(7)5(8)9/h3-4,10H,1,7H2,(H,8,9). The molecule has 5 heteroatoms. The van der Waals surface area contributed by atoms with Gasteiger partial charge in [0, 0.05) is 0 Å². The second-order valence-electron chi connectivity index (χ2n) is 1.83. The third-order valence-electron chi connectivity index (χ3n) is 0.943. The van der Waals surface area contributed by atoms with Gasteiger partial charge in [0.2, 0.25) is 0 Å². The van der Waals surface area contributed by atoms with Gasteiger partial charge in [0.1, 0.15) is 6.04 Å². The number of carboxylic acids is 1. The largest absolute Gasteiger partial charge is 0.480 e. The molecule has 2 atom stereocenters. The molecule has 0 aromatic rings. The lowest BCUT2D eigenvalue weighted by molar-refractivity contribution is -0.138. The van der Waals surface area contributed by atoms with E-state index in [1.165, 1.54) is 0 Å². The number of aliphatic carboxylic acids is 1. The third kappa shape index (κ3) is 3.33. The molecule has 56 valence electrons. The summed E-state index contributed by atoms with van der Waals surface area (Å²) in [5.74, 6) is -1.10. The van der Waals surface area contributed by atoms with Crippen molar-refractivity contribution in [1.82, 2.24) is 0 Å². The maximum absolute atomic E-state index is 10.1. The first-order chi connectivity index (χ1) is 4.57. The van der Waals surface area contributed by atoms with E-state index in [1.54, 1.807) is 6.07 Å². The van der Waals surface area contributed by atoms with Crippen LogP contribution in [0.1, 0.15) is 6.42 Å². The van der Waals surface area contributed by atoms with E-state index in [-0.39, 0.29) is 6.42 Å². The normalized spacial score (nSPS) is 15.3. The molecule has 0 aliphatic rings. The Bertz CT molecular complexity index is 166. The van der Waals surface area contributed by atoms with Gasteiger partial charge in [0.25, 0.3) is 0 Å². The van der Waals surface area contributed by atoms with Crippen molar-refractivity contribution in [3.05, 3.63) is 0 Å². The van der Waals surface area contributed by atoms with Crippen LogP contribution in [0.5, 0.6) is 0 Å². The monoisotopic (exact) mass is 160 g/mol. The number of thiol groups is 1. The van der Waals surface area contributed by atoms with Gasteiger partial charge in [-0.2, -0.15) is 17.9 Å². The summed E-state index contributed by atoms with van der Waals surface area (Å²) in [4.78, 5) is 10.1. The minimum atomic E-state index is -1.10. The Labute approximate surface area is 64.0 Å². The van der Waals surface area contributed by atoms with Crippen molar-refractivity contribution in [3.63, 3.8) is 0 Å². The zero-order valence-corrected chi connectivity index (χ0v) is 6.08. The highest BCUT2D eigenvalue weighted by Crippen LogP contribution is 2.01. The molecule has 0 radical (unpaired) electrons. The fraction of sp³-hybridized carbons (Fsp3) is 0.600. The molecule has 0 heterocycles. The molecule has 10 heavy (non-hydrogen) atoms. The van der Waals surface area contributed by atoms with E-state index in [0.29, 0.717) is 0 Å². The minimum Gasteiger partial charge on any atom is -0.480 e. The van der Waals surface area contributed by atoms with Crippen molar-refractivity contribution in [2.75, 3.05) is 0 Å². The van der Waals surface area contributed by atoms with Crippen LogP contribution in [0.4, 0.5) is 0 Å². The number of nitrogens with two attached hydrogens (primary N) is 1. The summed E-state index contributed by atoms with van der Waals surface area (Å²) in [6.45, 7) is 0. The molecule has 0 spiro atoms. The number of nitriles is 1. The number of rotatable bonds is 3. The van der Waals surface area contributed by atoms with Gasteiger partial charge in [-0.25, -0.2) is 0 Å². The molecule has 0 aromatic heterocycles. The zero-order chi connectivity index (χ0) is 8.15. The Hall–Kier alpha value is -0.730. The van der Waals surface area contributed by atoms with Gasteiger partial charge in [0.15, 0.2) is 0 Å². The van der Waals surface area contributed by atoms with E-state index in [1.807, 2.05) is 0 Å². The molecule has 0 fully saturated rings. The van der Waals surface area contributed by atoms with E-state index in [0.717, 1.165) is 0 Å². The predicted octanol–water partition coefficient (Wildman–Crippen LogP) is -0.390. The fourth-order valence-electron chi connectivity index (χ4n) is 0.394. The van der Waals surface area contributed by atoms with Crippen molar-refractivity contribution in [2.24, 2.45) is 5.73 Å². The molecule has 2 unspecified atom stereocenters. The average Bonchev–Trinajstić information content (AvgIpc) is 1.87. The van der Waals surface area contributed by atoms with E-state index in [2.05, 4.69) is 12.6 Å². The summed E-state index contributed by atoms with van der Waals surface area (Å²) in [7, 11) is 0. The maximum atomic E-state index is 10.1. The average molecular weight is 160 g/mol. The predicted molar refractivity (Wildman–Crippen MR) is 38.6 cm³/mol. The summed E-state index contributed by atoms with van der Waals surface area (Å²) in [5, 5.41) is 15.9. The molecule has 3 N–H and O–H groups in total. The Morgan fingerprint density at radius 1 is 1.90 bits per heavy atom. The van der Waals surface area contributed by atoms with Gasteiger partial charge in [-0.3, -0.25) is 4.79 Å². The van der Waals surface area contributed by atoms with Crippen molar-refractivity contribution >= 4 is 18.6 Å². The number of hydrogen-bond acceptors (Lipinski definition) is 4. The van der Waals surface area contributed by atoms with E-state index >= 15 is 0 Å². The lowest BCUT2D eigenvalue weighted by Crippen LogP contribution is -2.32. The molecule has 0 amide bonds. The van der Waals surface area contributed by atoms with Crippen molar-refractivity contribution in [1.29, 1.82) is 5.26 Å². The first kappa shape index (κ1) is 9.27. The van der Waals surface area contributed by atoms with Gasteiger partial charge < -0.3 is 10.8 Å². The van der Waals surface area contributed by atoms with Crippen LogP contribution in [-0.2, 0) is 4.79 Å². The SMILES string of the molecule is N#CC(S)CC(N)C(=O)O. The summed E-state index contributed by atoms with van der Waals surface area (Å²) in [6, 6.07) is 0.787. The minimum absolute atomic E-state index is 0.0783. The smallest absolute Gasteiger partial charge is 0.320 e. The summed E-state index contributed by atoms with van der Waals surface area (Å²) in [5.41, 5.74) is 5.09. The molecule has 0 aliphatic heterocycles. The highest BCUT2D eigenvalue weighted by molar-refractivity contribution is 7.81. The Balaban J connectivity index is 3.70. The number of nitrogens with zero attached hydrogens (tertiary/aromatic N) is 1. The van der Waals surface area contributed by atoms with Gasteiger partial charge in [0.05, 0.1) is 11.3 Å². The summed E-state index contributed by atoms with van der Waals surface area (Å²) in [6.07, 6.45) is 0.0783. The van der Waals surface area contributed by atoms with E-state index in [4.69, 9.17) is 16.1 Å². The van der Waals surface area contributed by atoms with Crippen LogP contribution in [0.25, 0.3) is 0 Å². The van der Waals surface area contributed by atoms with Crippen LogP contribution in [-0.4, -0.2) is 22.4 Å². The first-order valence-electron chi connectivity index (χ1n) is 2.64. The molecule has 0 saturated heterocycles. The molecule has 0 saturated carbocycles. The number of hydrogen-bond donors (Lipinski definition) is 3. The molecule has 4 nitrogen and oxygen atoms in total. The van der Waals surface area contributed by atoms with Crippen molar-refractivity contribution in [3.8, 4) is 6.07 Å². The van der Waals surface area contributed by atoms with Gasteiger partial charge in [-0.1, -0.05) is 0 Å². The summed E-state index contributed by atoms with van der Waals surface area (Å²) >= 11 is 3.76. The van der Waals surface area contributed by atoms with E-state index in [9.17, 15) is 4.79 Å². The van der Waals surface area contributed by atoms with E-state index < -0.39 is 17.3 Å². The lowest BCUT2D eigenvalue weighted by Gasteiger charge is -2.05. The lowest BCUT2D eigenvalue weighted by atomic mass is 10.2. The van der Waals surface area contributed by atoms with Crippen LogP contribution in [0.2, 0.25) is 0 Å². The Morgan fingerprint density at radius 2 is 2.40 bits per heavy atom. The van der Waals surface area contributed by atoms with Crippen molar-refractivity contribution < 1.29 is 9.90 Å². The van der Waals surface area contributed by atoms with Gasteiger partial charge >= 0.3 is 5.97 Å². The third-order valence-corrected chi connectivity index (χ3v) is 1.27. The maximum Gasteiger partial charge on any atom is 0.320 e. The van der Waals surface area contributed by atoms with Gasteiger partial charge in [-0.05, 0) is 6.42 Å². The first-order valence-corrected chi connectivity index (χ1v) is 3.15. The molecular formula is C5H8N2O2S. The quantitative estimate of drug-likeness (QED) is 0.491. The number of carbonyl (C=O) groups is 1. The highest BCUT2D eigenvalue weighted by atomic mass is 32.1. The fourth-order valence-corrected chi connectivity index (χ4v) is 0.621. The van der Waals surface area contributed by atoms with Crippen LogP contribution < -0.4 is 5.73 Å². The second-order valence-corrected chi connectivity index (χ2v) is 2.45. The Kier molecular flexibility index (Phi) is 3.84. The molecule has 0 bridgehead atoms. The molecule has 0 aromatic carbocycles. The summed E-state index contributed by atoms with van der Waals surface area (Å²) < 4.78 is 0. The molecule has 0 aliphatic carbocycles. The topological polar surface area (TPSA) is 87.1 Å². The second kappa shape index (κ2) is 4.14. The van der Waals surface area contributed by atoms with Crippen LogP contribution in [0.15, 0.2) is 0 Å². The Morgan fingerprint density at radius 3 is 2.70 bits per heavy atom. The number of carboxylic acid groups (broad SMARTS) is 1. The van der Waals surface area contributed by atoms with Crippen molar-refractivity contribution in [2.45, 2.75) is 17.7 Å². The van der Waals surface area contributed by atoms with Crippen LogP contribution >= 0.6 is 12.6 Å². The van der Waals surface area contributed by atoms with Crippen LogP contribution in [0, 0.1) is 11.3 Å². The molecule has 0 rings (SSSR count). The zero-order valence-electron chi connectivity index (χ0n) is 5.19. The van der Waals surface area contributed by atoms with Gasteiger partial charge in [-0.15, -0.1) is 0 Å². The molecular weight excluding hydrogens is 152 g/mol.